The van der Waals surface area contributed by atoms with Gasteiger partial charge in [-0.25, -0.2) is 0 Å². The zero-order chi connectivity index (χ0) is 16.5. The van der Waals surface area contributed by atoms with E-state index in [1.54, 1.807) is 0 Å². The van der Waals surface area contributed by atoms with Crippen molar-refractivity contribution in [2.75, 3.05) is 45.2 Å². The molecule has 0 aliphatic carbocycles. The number of thioether (sulfide) groups is 1. The summed E-state index contributed by atoms with van der Waals surface area (Å²) in [7, 11) is 1.84. The molecule has 1 atom stereocenters. The number of nitrogens with zero attached hydrogens (tertiary/aromatic N) is 2. The van der Waals surface area contributed by atoms with E-state index in [0.29, 0.717) is 6.04 Å². The van der Waals surface area contributed by atoms with Crippen molar-refractivity contribution in [2.24, 2.45) is 10.9 Å². The van der Waals surface area contributed by atoms with E-state index in [0.717, 1.165) is 30.7 Å². The Morgan fingerprint density at radius 3 is 2.83 bits per heavy atom. The van der Waals surface area contributed by atoms with Gasteiger partial charge >= 0.3 is 0 Å². The summed E-state index contributed by atoms with van der Waals surface area (Å²) in [5.74, 6) is 2.87. The second-order valence-electron chi connectivity index (χ2n) is 6.12. The quantitative estimate of drug-likeness (QED) is 0.448. The van der Waals surface area contributed by atoms with Crippen molar-refractivity contribution in [2.45, 2.75) is 25.8 Å². The van der Waals surface area contributed by atoms with Crippen LogP contribution in [0.25, 0.3) is 0 Å². The molecule has 1 unspecified atom stereocenters. The molecule has 0 aromatic carbocycles. The van der Waals surface area contributed by atoms with Gasteiger partial charge in [0.15, 0.2) is 5.96 Å². The number of guanidine groups is 1. The third kappa shape index (κ3) is 6.01. The minimum absolute atomic E-state index is 0.446. The maximum Gasteiger partial charge on any atom is 0.191 e. The van der Waals surface area contributed by atoms with Crippen molar-refractivity contribution in [1.29, 1.82) is 0 Å². The molecule has 2 N–H and O–H groups in total. The van der Waals surface area contributed by atoms with Crippen LogP contribution in [-0.2, 0) is 0 Å². The monoisotopic (exact) mass is 354 g/mol. The molecule has 0 radical (unpaired) electrons. The first-order valence-corrected chi connectivity index (χ1v) is 10.7. The van der Waals surface area contributed by atoms with Crippen molar-refractivity contribution >= 4 is 29.1 Å². The summed E-state index contributed by atoms with van der Waals surface area (Å²) in [4.78, 5) is 8.42. The lowest BCUT2D eigenvalue weighted by atomic mass is 9.97. The average Bonchev–Trinajstić information content (AvgIpc) is 3.09. The molecule has 1 aliphatic heterocycles. The number of thiophene rings is 1. The number of hydrogen-bond acceptors (Lipinski definition) is 4. The Morgan fingerprint density at radius 1 is 1.43 bits per heavy atom. The van der Waals surface area contributed by atoms with Gasteiger partial charge in [0, 0.05) is 30.8 Å². The first-order valence-electron chi connectivity index (χ1n) is 8.45. The second-order valence-corrected chi connectivity index (χ2v) is 8.09. The zero-order valence-electron chi connectivity index (χ0n) is 14.5. The first kappa shape index (κ1) is 18.6. The smallest absolute Gasteiger partial charge is 0.191 e. The molecule has 6 heteroatoms. The molecule has 0 bridgehead atoms. The van der Waals surface area contributed by atoms with Crippen molar-refractivity contribution in [3.63, 3.8) is 0 Å². The molecule has 1 saturated heterocycles. The van der Waals surface area contributed by atoms with Crippen molar-refractivity contribution < 1.29 is 0 Å². The van der Waals surface area contributed by atoms with Gasteiger partial charge in [-0.2, -0.15) is 11.8 Å². The van der Waals surface area contributed by atoms with E-state index < -0.39 is 0 Å². The van der Waals surface area contributed by atoms with Gasteiger partial charge in [-0.15, -0.1) is 11.3 Å². The molecule has 1 fully saturated rings. The summed E-state index contributed by atoms with van der Waals surface area (Å²) in [5.41, 5.74) is 0. The van der Waals surface area contributed by atoms with Gasteiger partial charge in [0.25, 0.3) is 0 Å². The maximum atomic E-state index is 4.34. The molecule has 1 aromatic heterocycles. The van der Waals surface area contributed by atoms with Gasteiger partial charge in [-0.05, 0) is 49.6 Å². The highest BCUT2D eigenvalue weighted by atomic mass is 32.2. The zero-order valence-corrected chi connectivity index (χ0v) is 16.2. The van der Waals surface area contributed by atoms with Crippen LogP contribution >= 0.6 is 23.1 Å². The predicted molar refractivity (Wildman–Crippen MR) is 105 cm³/mol. The number of hydrogen-bond donors (Lipinski definition) is 2. The summed E-state index contributed by atoms with van der Waals surface area (Å²) in [5, 5.41) is 9.08. The van der Waals surface area contributed by atoms with Gasteiger partial charge in [0.05, 0.1) is 6.04 Å². The van der Waals surface area contributed by atoms with E-state index in [9.17, 15) is 0 Å². The van der Waals surface area contributed by atoms with E-state index in [2.05, 4.69) is 51.2 Å². The van der Waals surface area contributed by atoms with Crippen LogP contribution in [-0.4, -0.2) is 56.1 Å². The van der Waals surface area contributed by atoms with Crippen LogP contribution in [0.3, 0.4) is 0 Å². The van der Waals surface area contributed by atoms with Crippen LogP contribution in [0, 0.1) is 5.92 Å². The van der Waals surface area contributed by atoms with Gasteiger partial charge < -0.3 is 10.6 Å². The Bertz CT molecular complexity index is 453. The van der Waals surface area contributed by atoms with E-state index in [4.69, 9.17) is 0 Å². The first-order chi connectivity index (χ1) is 11.2. The van der Waals surface area contributed by atoms with Crippen molar-refractivity contribution in [3.8, 4) is 0 Å². The fourth-order valence-corrected chi connectivity index (χ4v) is 4.08. The Kier molecular flexibility index (Phi) is 8.26. The van der Waals surface area contributed by atoms with Crippen LogP contribution < -0.4 is 10.6 Å². The van der Waals surface area contributed by atoms with Gasteiger partial charge in [0.2, 0.25) is 0 Å². The van der Waals surface area contributed by atoms with Crippen LogP contribution in [0.2, 0.25) is 0 Å². The van der Waals surface area contributed by atoms with E-state index in [-0.39, 0.29) is 0 Å². The lowest BCUT2D eigenvalue weighted by Gasteiger charge is -2.36. The topological polar surface area (TPSA) is 39.7 Å². The Hall–Kier alpha value is -0.720. The van der Waals surface area contributed by atoms with Gasteiger partial charge in [0.1, 0.15) is 0 Å². The number of nitrogens with one attached hydrogen (secondary N) is 2. The van der Waals surface area contributed by atoms with Crippen molar-refractivity contribution in [1.82, 2.24) is 15.5 Å². The van der Waals surface area contributed by atoms with Crippen LogP contribution in [0.1, 0.15) is 30.7 Å². The normalized spacial score (nSPS) is 18.8. The summed E-state index contributed by atoms with van der Waals surface area (Å²) < 4.78 is 0. The van der Waals surface area contributed by atoms with E-state index in [1.807, 2.05) is 30.1 Å². The standard InChI is InChI=1S/C17H30N4S2/c1-14-6-9-21(10-7-14)15(16-5-4-11-23-16)13-20-17(18-2)19-8-12-22-3/h4-5,11,14-15H,6-10,12-13H2,1-3H3,(H2,18,19,20). The molecule has 1 aromatic rings. The third-order valence-electron chi connectivity index (χ3n) is 4.42. The minimum atomic E-state index is 0.446. The lowest BCUT2D eigenvalue weighted by Crippen LogP contribution is -2.45. The molecular weight excluding hydrogens is 324 g/mol. The predicted octanol–water partition coefficient (Wildman–Crippen LogP) is 3.05. The Labute approximate surface area is 149 Å². The molecule has 0 amide bonds. The average molecular weight is 355 g/mol. The molecule has 2 heterocycles. The highest BCUT2D eigenvalue weighted by Crippen LogP contribution is 2.28. The van der Waals surface area contributed by atoms with Gasteiger partial charge in [-0.3, -0.25) is 9.89 Å². The molecular formula is C17H30N4S2. The Balaban J connectivity index is 1.92. The fraction of sp³-hybridized carbons (Fsp3) is 0.706. The number of piperidine rings is 1. The Morgan fingerprint density at radius 2 is 2.22 bits per heavy atom. The summed E-state index contributed by atoms with van der Waals surface area (Å²) in [6, 6.07) is 4.87. The molecule has 1 aliphatic rings. The van der Waals surface area contributed by atoms with E-state index in [1.165, 1.54) is 30.8 Å². The highest BCUT2D eigenvalue weighted by Gasteiger charge is 2.25. The molecule has 2 rings (SSSR count). The number of rotatable bonds is 7. The SMILES string of the molecule is CN=C(NCCSC)NCC(c1cccs1)N1CCC(C)CC1. The van der Waals surface area contributed by atoms with Crippen LogP contribution in [0.15, 0.2) is 22.5 Å². The number of likely N-dealkylation sites (tertiary alicyclic amines) is 1. The highest BCUT2D eigenvalue weighted by molar-refractivity contribution is 7.98. The summed E-state index contributed by atoms with van der Waals surface area (Å²) >= 11 is 3.71. The molecule has 130 valence electrons. The second kappa shape index (κ2) is 10.2. The number of aliphatic imine (C=N–C) groups is 1. The molecule has 23 heavy (non-hydrogen) atoms. The fourth-order valence-electron chi connectivity index (χ4n) is 2.92. The lowest BCUT2D eigenvalue weighted by molar-refractivity contribution is 0.140. The third-order valence-corrected chi connectivity index (χ3v) is 6.00. The molecule has 0 spiro atoms. The summed E-state index contributed by atoms with van der Waals surface area (Å²) in [6.07, 6.45) is 4.74. The van der Waals surface area contributed by atoms with Gasteiger partial charge in [-0.1, -0.05) is 13.0 Å². The maximum absolute atomic E-state index is 4.34. The largest absolute Gasteiger partial charge is 0.356 e. The summed E-state index contributed by atoms with van der Waals surface area (Å²) in [6.45, 7) is 6.63. The molecule has 0 saturated carbocycles. The van der Waals surface area contributed by atoms with Crippen LogP contribution in [0.5, 0.6) is 0 Å². The van der Waals surface area contributed by atoms with Crippen molar-refractivity contribution in [3.05, 3.63) is 22.4 Å². The van der Waals surface area contributed by atoms with E-state index >= 15 is 0 Å². The minimum Gasteiger partial charge on any atom is -0.356 e. The molecule has 4 nitrogen and oxygen atoms in total. The van der Waals surface area contributed by atoms with Crippen LogP contribution in [0.4, 0.5) is 0 Å².